The molecule has 0 saturated carbocycles. The summed E-state index contributed by atoms with van der Waals surface area (Å²) in [5.41, 5.74) is 0.724. The lowest BCUT2D eigenvalue weighted by molar-refractivity contribution is -0.134. The minimum atomic E-state index is -0.966. The number of piperidine rings is 1. The van der Waals surface area contributed by atoms with Crippen molar-refractivity contribution in [3.8, 4) is 5.75 Å². The molecule has 1 fully saturated rings. The van der Waals surface area contributed by atoms with Gasteiger partial charge in [0.2, 0.25) is 0 Å². The van der Waals surface area contributed by atoms with Crippen molar-refractivity contribution in [2.24, 2.45) is 5.92 Å². The number of hydrogen-bond acceptors (Lipinski definition) is 5. The number of oxazole rings is 1. The van der Waals surface area contributed by atoms with Gasteiger partial charge in [-0.3, -0.25) is 4.79 Å². The Kier molecular flexibility index (Phi) is 5.86. The molecule has 1 aliphatic rings. The molecular formula is C23H26ClN3O3. The number of carbonyl (C=O) groups excluding carboxylic acids is 1. The fraction of sp³-hybridized carbons (Fsp3) is 0.391. The number of para-hydroxylation sites is 2. The maximum absolute atomic E-state index is 12.7. The molecule has 0 aliphatic carbocycles. The molecule has 1 N–H and O–H groups in total. The zero-order valence-corrected chi connectivity index (χ0v) is 18.0. The summed E-state index contributed by atoms with van der Waals surface area (Å²) < 4.78 is 11.7. The molecule has 2 heterocycles. The van der Waals surface area contributed by atoms with Crippen molar-refractivity contribution in [2.75, 3.05) is 24.5 Å². The van der Waals surface area contributed by atoms with Gasteiger partial charge in [-0.2, -0.15) is 4.98 Å². The van der Waals surface area contributed by atoms with E-state index >= 15 is 0 Å². The Balaban J connectivity index is 1.26. The molecule has 0 unspecified atom stereocenters. The van der Waals surface area contributed by atoms with Crippen LogP contribution in [0.3, 0.4) is 0 Å². The molecule has 7 heteroatoms. The summed E-state index contributed by atoms with van der Waals surface area (Å²) >= 11 is 5.90. The molecule has 30 heavy (non-hydrogen) atoms. The second kappa shape index (κ2) is 8.56. The van der Waals surface area contributed by atoms with E-state index in [0.29, 0.717) is 29.2 Å². The van der Waals surface area contributed by atoms with Gasteiger partial charge in [-0.1, -0.05) is 23.7 Å². The van der Waals surface area contributed by atoms with Crippen LogP contribution in [0.4, 0.5) is 6.01 Å². The van der Waals surface area contributed by atoms with Crippen molar-refractivity contribution >= 4 is 34.6 Å². The first-order valence-corrected chi connectivity index (χ1v) is 10.6. The highest BCUT2D eigenvalue weighted by Gasteiger charge is 2.31. The van der Waals surface area contributed by atoms with Gasteiger partial charge in [-0.05, 0) is 69.0 Å². The van der Waals surface area contributed by atoms with Crippen molar-refractivity contribution in [3.05, 3.63) is 53.6 Å². The van der Waals surface area contributed by atoms with Crippen LogP contribution in [0, 0.1) is 5.92 Å². The van der Waals surface area contributed by atoms with Gasteiger partial charge in [0.05, 0.1) is 0 Å². The molecule has 158 valence electrons. The fourth-order valence-corrected chi connectivity index (χ4v) is 3.74. The van der Waals surface area contributed by atoms with E-state index in [1.165, 1.54) is 0 Å². The molecule has 6 nitrogen and oxygen atoms in total. The molecule has 1 saturated heterocycles. The monoisotopic (exact) mass is 427 g/mol. The van der Waals surface area contributed by atoms with Crippen LogP contribution in [0.5, 0.6) is 5.75 Å². The summed E-state index contributed by atoms with van der Waals surface area (Å²) in [6.45, 7) is 5.89. The quantitative estimate of drug-likeness (QED) is 0.619. The molecule has 0 radical (unpaired) electrons. The lowest BCUT2D eigenvalue weighted by Gasteiger charge is -2.32. The van der Waals surface area contributed by atoms with E-state index < -0.39 is 5.60 Å². The van der Waals surface area contributed by atoms with Crippen LogP contribution in [0.15, 0.2) is 52.9 Å². The highest BCUT2D eigenvalue weighted by molar-refractivity contribution is 6.30. The third-order valence-corrected chi connectivity index (χ3v) is 5.70. The Morgan fingerprint density at radius 1 is 1.20 bits per heavy atom. The minimum absolute atomic E-state index is 0.126. The van der Waals surface area contributed by atoms with Gasteiger partial charge in [0.25, 0.3) is 11.9 Å². The summed E-state index contributed by atoms with van der Waals surface area (Å²) in [5, 5.41) is 3.69. The number of nitrogens with one attached hydrogen (secondary N) is 1. The Morgan fingerprint density at radius 2 is 1.90 bits per heavy atom. The predicted molar refractivity (Wildman–Crippen MR) is 118 cm³/mol. The van der Waals surface area contributed by atoms with Crippen LogP contribution in [0.2, 0.25) is 5.02 Å². The van der Waals surface area contributed by atoms with Crippen LogP contribution in [-0.4, -0.2) is 36.1 Å². The summed E-state index contributed by atoms with van der Waals surface area (Å²) in [4.78, 5) is 19.4. The van der Waals surface area contributed by atoms with Gasteiger partial charge in [-0.25, -0.2) is 0 Å². The van der Waals surface area contributed by atoms with Gasteiger partial charge in [-0.15, -0.1) is 0 Å². The Morgan fingerprint density at radius 3 is 2.60 bits per heavy atom. The highest BCUT2D eigenvalue weighted by Crippen LogP contribution is 2.26. The summed E-state index contributed by atoms with van der Waals surface area (Å²) in [6, 6.07) is 15.5. The van der Waals surface area contributed by atoms with E-state index in [1.54, 1.807) is 38.1 Å². The third kappa shape index (κ3) is 4.70. The molecule has 2 aromatic carbocycles. The van der Waals surface area contributed by atoms with Crippen molar-refractivity contribution in [1.82, 2.24) is 10.3 Å². The average molecular weight is 428 g/mol. The number of anilines is 1. The summed E-state index contributed by atoms with van der Waals surface area (Å²) in [7, 11) is 0. The molecule has 1 aliphatic heterocycles. The summed E-state index contributed by atoms with van der Waals surface area (Å²) in [5.74, 6) is 0.908. The number of halogens is 1. The maximum atomic E-state index is 12.7. The van der Waals surface area contributed by atoms with Crippen LogP contribution in [0.25, 0.3) is 11.1 Å². The minimum Gasteiger partial charge on any atom is -0.478 e. The fourth-order valence-electron chi connectivity index (χ4n) is 3.62. The maximum Gasteiger partial charge on any atom is 0.298 e. The number of carbonyl (C=O) groups is 1. The van der Waals surface area contributed by atoms with Gasteiger partial charge in [0, 0.05) is 24.7 Å². The zero-order valence-electron chi connectivity index (χ0n) is 17.2. The number of nitrogens with zero attached hydrogens (tertiary/aromatic N) is 2. The van der Waals surface area contributed by atoms with E-state index in [2.05, 4.69) is 15.2 Å². The Labute approximate surface area is 181 Å². The normalized spacial score (nSPS) is 15.4. The molecule has 0 bridgehead atoms. The van der Waals surface area contributed by atoms with Crippen molar-refractivity contribution in [3.63, 3.8) is 0 Å². The van der Waals surface area contributed by atoms with E-state index in [9.17, 15) is 4.79 Å². The molecule has 1 amide bonds. The van der Waals surface area contributed by atoms with Crippen LogP contribution >= 0.6 is 11.6 Å². The second-order valence-electron chi connectivity index (χ2n) is 8.17. The number of amides is 1. The zero-order chi connectivity index (χ0) is 21.1. The van der Waals surface area contributed by atoms with Gasteiger partial charge >= 0.3 is 0 Å². The number of fused-ring (bicyclic) bond motifs is 1. The van der Waals surface area contributed by atoms with Crippen molar-refractivity contribution < 1.29 is 13.9 Å². The first-order valence-electron chi connectivity index (χ1n) is 10.2. The van der Waals surface area contributed by atoms with Gasteiger partial charge < -0.3 is 19.4 Å². The number of benzene rings is 2. The topological polar surface area (TPSA) is 67.6 Å². The smallest absolute Gasteiger partial charge is 0.298 e. The predicted octanol–water partition coefficient (Wildman–Crippen LogP) is 4.67. The number of ether oxygens (including phenoxy) is 1. The Bertz CT molecular complexity index is 975. The van der Waals surface area contributed by atoms with Crippen molar-refractivity contribution in [2.45, 2.75) is 32.3 Å². The largest absolute Gasteiger partial charge is 0.478 e. The molecule has 3 aromatic rings. The summed E-state index contributed by atoms with van der Waals surface area (Å²) in [6.07, 6.45) is 1.94. The van der Waals surface area contributed by atoms with E-state index in [4.69, 9.17) is 20.8 Å². The van der Waals surface area contributed by atoms with Crippen LogP contribution < -0.4 is 15.0 Å². The molecule has 1 aromatic heterocycles. The highest BCUT2D eigenvalue weighted by atomic mass is 35.5. The lowest BCUT2D eigenvalue weighted by Crippen LogP contribution is -2.48. The molecule has 0 spiro atoms. The molecule has 0 atom stereocenters. The molecular weight excluding hydrogens is 402 g/mol. The third-order valence-electron chi connectivity index (χ3n) is 5.45. The second-order valence-corrected chi connectivity index (χ2v) is 8.61. The first kappa shape index (κ1) is 20.5. The SMILES string of the molecule is CC(C)(Oc1ccc(Cl)cc1)C(=O)NCC1CCN(c2nc3ccccc3o2)CC1. The van der Waals surface area contributed by atoms with E-state index in [-0.39, 0.29) is 5.91 Å². The molecule has 4 rings (SSSR count). The van der Waals surface area contributed by atoms with E-state index in [0.717, 1.165) is 37.0 Å². The van der Waals surface area contributed by atoms with Crippen LogP contribution in [0.1, 0.15) is 26.7 Å². The Hall–Kier alpha value is -2.73. The van der Waals surface area contributed by atoms with Crippen molar-refractivity contribution in [1.29, 1.82) is 0 Å². The number of rotatable bonds is 6. The van der Waals surface area contributed by atoms with Gasteiger partial charge in [0.15, 0.2) is 11.2 Å². The van der Waals surface area contributed by atoms with Crippen LogP contribution in [-0.2, 0) is 4.79 Å². The number of aromatic nitrogens is 1. The first-order chi connectivity index (χ1) is 14.4. The average Bonchev–Trinajstić information content (AvgIpc) is 3.18. The lowest BCUT2D eigenvalue weighted by atomic mass is 9.96. The van der Waals surface area contributed by atoms with E-state index in [1.807, 2.05) is 24.3 Å². The standard InChI is InChI=1S/C23H26ClN3O3/c1-23(2,30-18-9-7-17(24)8-10-18)21(28)25-15-16-11-13-27(14-12-16)22-26-19-5-3-4-6-20(19)29-22/h3-10,16H,11-15H2,1-2H3,(H,25,28). The van der Waals surface area contributed by atoms with Gasteiger partial charge in [0.1, 0.15) is 11.3 Å². The number of hydrogen-bond donors (Lipinski definition) is 1.